The van der Waals surface area contributed by atoms with Crippen molar-refractivity contribution in [3.63, 3.8) is 0 Å². The van der Waals surface area contributed by atoms with Crippen molar-refractivity contribution in [1.29, 1.82) is 0 Å². The number of hydrogen-bond acceptors (Lipinski definition) is 28. The van der Waals surface area contributed by atoms with E-state index in [4.69, 9.17) is 0 Å². The zero-order valence-corrected chi connectivity index (χ0v) is 37.0. The highest BCUT2D eigenvalue weighted by Crippen LogP contribution is 2.46. The monoisotopic (exact) mass is 961 g/mol. The molecular formula is C21H44O28P7-7. The van der Waals surface area contributed by atoms with Crippen LogP contribution in [0.5, 0.6) is 0 Å². The third-order valence-corrected chi connectivity index (χ3v) is 11.7. The standard InChI is InChI=1S/C21H51O28P7/c1-20(2,3)19-48-55(32,33)46-16-15-44-53(28,29)42-12-11-40-51(24,25)38-8-7-36-50(22,23)37-9-10-39-52(26,27)41-13-14-43-54(30,31)45-17-18-47-56(34,35)49-21(4,5)6/h7-19H2,1-6H3,(H,22,23)(H,24,25)(H,26,27)(H,28,29)(H,30,31)(H,32,33)(H,34,35)/p-7. The van der Waals surface area contributed by atoms with Gasteiger partial charge in [-0.3, -0.25) is 32.0 Å². The van der Waals surface area contributed by atoms with Gasteiger partial charge in [0, 0.05) is 0 Å². The first-order chi connectivity index (χ1) is 25.2. The fraction of sp³-hybridized carbons (Fsp3) is 1.00. The van der Waals surface area contributed by atoms with E-state index in [1.165, 1.54) is 20.8 Å². The van der Waals surface area contributed by atoms with Crippen LogP contribution >= 0.6 is 54.8 Å². The van der Waals surface area contributed by atoms with Crippen LogP contribution in [0.2, 0.25) is 0 Å². The molecule has 0 bridgehead atoms. The molecule has 0 aliphatic heterocycles. The summed E-state index contributed by atoms with van der Waals surface area (Å²) in [5.41, 5.74) is -1.61. The SMILES string of the molecule is CC(C)(C)COP(=O)([O-])OCCOP(=O)([O-])OCCOP(=O)([O-])OCCOP(=O)([O-])OCCOP(=O)([O-])OCCOP(=O)([O-])OCCOP(=O)([O-])OC(C)(C)C. The molecule has 0 N–H and O–H groups in total. The van der Waals surface area contributed by atoms with Crippen molar-refractivity contribution < 1.29 is 130 Å². The van der Waals surface area contributed by atoms with E-state index >= 15 is 0 Å². The maximum atomic E-state index is 11.8. The third-order valence-electron chi connectivity index (χ3n) is 4.53. The molecule has 0 aliphatic rings. The zero-order chi connectivity index (χ0) is 43.6. The summed E-state index contributed by atoms with van der Waals surface area (Å²) in [7, 11) is -35.1. The first kappa shape index (κ1) is 56.8. The second-order valence-electron chi connectivity index (χ2n) is 12.2. The second kappa shape index (κ2) is 25.0. The van der Waals surface area contributed by atoms with Crippen molar-refractivity contribution in [2.75, 3.05) is 85.9 Å². The Bertz CT molecular complexity index is 1490. The minimum absolute atomic E-state index is 0.203. The van der Waals surface area contributed by atoms with Gasteiger partial charge in [0.1, 0.15) is 0 Å². The third kappa shape index (κ3) is 34.5. The van der Waals surface area contributed by atoms with Crippen molar-refractivity contribution in [2.45, 2.75) is 47.1 Å². The van der Waals surface area contributed by atoms with Crippen LogP contribution < -0.4 is 34.3 Å². The highest BCUT2D eigenvalue weighted by molar-refractivity contribution is 7.47. The van der Waals surface area contributed by atoms with E-state index in [0.717, 1.165) is 0 Å². The van der Waals surface area contributed by atoms with Gasteiger partial charge in [0.05, 0.1) is 91.5 Å². The van der Waals surface area contributed by atoms with Gasteiger partial charge in [-0.05, 0) is 26.2 Å². The minimum Gasteiger partial charge on any atom is -0.756 e. The molecule has 7 unspecified atom stereocenters. The highest BCUT2D eigenvalue weighted by Gasteiger charge is 2.22. The molecule has 0 spiro atoms. The molecule has 0 radical (unpaired) electrons. The Labute approximate surface area is 322 Å². The molecule has 0 aromatic rings. The van der Waals surface area contributed by atoms with Crippen LogP contribution in [0, 0.1) is 5.41 Å². The first-order valence-electron chi connectivity index (χ1n) is 15.4. The van der Waals surface area contributed by atoms with E-state index in [9.17, 15) is 66.2 Å². The molecule has 28 nitrogen and oxygen atoms in total. The van der Waals surface area contributed by atoms with Gasteiger partial charge >= 0.3 is 0 Å². The number of rotatable bonds is 33. The van der Waals surface area contributed by atoms with Gasteiger partial charge in [-0.1, -0.05) is 20.8 Å². The van der Waals surface area contributed by atoms with Gasteiger partial charge in [0.25, 0.3) is 54.8 Å². The normalized spacial score (nSPS) is 20.4. The summed E-state index contributed by atoms with van der Waals surface area (Å²) in [5.74, 6) is 0. The van der Waals surface area contributed by atoms with Gasteiger partial charge in [-0.2, -0.15) is 0 Å². The molecule has 0 saturated carbocycles. The lowest BCUT2D eigenvalue weighted by atomic mass is 9.99. The van der Waals surface area contributed by atoms with E-state index < -0.39 is 145 Å². The summed E-state index contributed by atoms with van der Waals surface area (Å²) in [6.07, 6.45) is 0. The average Bonchev–Trinajstić information content (AvgIpc) is 3.00. The molecule has 56 heavy (non-hydrogen) atoms. The second-order valence-corrected chi connectivity index (χ2v) is 22.0. The van der Waals surface area contributed by atoms with Crippen molar-refractivity contribution in [1.82, 2.24) is 0 Å². The molecule has 0 aliphatic carbocycles. The molecule has 0 rings (SSSR count). The molecule has 0 saturated heterocycles. The van der Waals surface area contributed by atoms with Gasteiger partial charge < -0.3 is 97.6 Å². The summed E-state index contributed by atoms with van der Waals surface area (Å²) in [4.78, 5) is 81.8. The molecule has 0 amide bonds. The van der Waals surface area contributed by atoms with Crippen LogP contribution in [0.1, 0.15) is 41.5 Å². The van der Waals surface area contributed by atoms with Crippen molar-refractivity contribution in [3.05, 3.63) is 0 Å². The fourth-order valence-corrected chi connectivity index (χ4v) is 7.94. The topological polar surface area (TPSA) is 410 Å². The lowest BCUT2D eigenvalue weighted by Crippen LogP contribution is -2.23. The van der Waals surface area contributed by atoms with Gasteiger partial charge in [0.2, 0.25) is 0 Å². The van der Waals surface area contributed by atoms with Crippen LogP contribution in [0.3, 0.4) is 0 Å². The highest BCUT2D eigenvalue weighted by atomic mass is 31.2. The molecule has 0 aromatic heterocycles. The van der Waals surface area contributed by atoms with Crippen molar-refractivity contribution in [2.24, 2.45) is 5.41 Å². The Morgan fingerprint density at radius 1 is 0.304 bits per heavy atom. The Morgan fingerprint density at radius 3 is 0.625 bits per heavy atom. The van der Waals surface area contributed by atoms with Crippen molar-refractivity contribution >= 4 is 54.8 Å². The quantitative estimate of drug-likeness (QED) is 0.0582. The van der Waals surface area contributed by atoms with Crippen LogP contribution in [-0.2, 0) is 95.3 Å². The molecule has 0 aromatic carbocycles. The average molecular weight is 961 g/mol. The Balaban J connectivity index is 4.21. The van der Waals surface area contributed by atoms with E-state index in [1.807, 2.05) is 0 Å². The molecule has 7 atom stereocenters. The molecule has 35 heteroatoms. The van der Waals surface area contributed by atoms with Crippen LogP contribution in [0.15, 0.2) is 0 Å². The minimum atomic E-state index is -5.18. The van der Waals surface area contributed by atoms with E-state index in [1.54, 1.807) is 20.8 Å². The number of phosphoric acid groups is 7. The fourth-order valence-electron chi connectivity index (χ4n) is 2.65. The van der Waals surface area contributed by atoms with Crippen LogP contribution in [-0.4, -0.2) is 91.5 Å². The first-order valence-corrected chi connectivity index (χ1v) is 25.6. The van der Waals surface area contributed by atoms with Gasteiger partial charge in [0.15, 0.2) is 0 Å². The zero-order valence-electron chi connectivity index (χ0n) is 30.8. The van der Waals surface area contributed by atoms with E-state index in [0.29, 0.717) is 0 Å². The van der Waals surface area contributed by atoms with Crippen LogP contribution in [0.4, 0.5) is 0 Å². The van der Waals surface area contributed by atoms with Crippen molar-refractivity contribution in [3.8, 4) is 0 Å². The summed E-state index contributed by atoms with van der Waals surface area (Å²) in [6.45, 7) is -1.51. The lowest BCUT2D eigenvalue weighted by Gasteiger charge is -2.30. The van der Waals surface area contributed by atoms with E-state index in [2.05, 4.69) is 63.3 Å². The maximum absolute atomic E-state index is 11.8. The molecule has 0 heterocycles. The van der Waals surface area contributed by atoms with Crippen LogP contribution in [0.25, 0.3) is 0 Å². The van der Waals surface area contributed by atoms with Gasteiger partial charge in [-0.15, -0.1) is 0 Å². The van der Waals surface area contributed by atoms with Gasteiger partial charge in [-0.25, -0.2) is 0 Å². The smallest absolute Gasteiger partial charge is 0.268 e. The molecule has 338 valence electrons. The summed E-state index contributed by atoms with van der Waals surface area (Å²) in [6, 6.07) is 0. The predicted molar refractivity (Wildman–Crippen MR) is 171 cm³/mol. The largest absolute Gasteiger partial charge is 0.756 e. The number of phosphoric ester groups is 7. The number of hydrogen-bond donors (Lipinski definition) is 0. The Morgan fingerprint density at radius 2 is 0.464 bits per heavy atom. The summed E-state index contributed by atoms with van der Waals surface area (Å²) < 4.78 is 143. The predicted octanol–water partition coefficient (Wildman–Crippen LogP) is -0.658. The summed E-state index contributed by atoms with van der Waals surface area (Å²) in [5, 5.41) is 0. The lowest BCUT2D eigenvalue weighted by molar-refractivity contribution is -0.239. The van der Waals surface area contributed by atoms with E-state index in [-0.39, 0.29) is 6.61 Å². The molecular weight excluding hydrogens is 917 g/mol. The summed E-state index contributed by atoms with van der Waals surface area (Å²) >= 11 is 0. The maximum Gasteiger partial charge on any atom is 0.268 e. The Hall–Kier alpha value is 0.770. The Kier molecular flexibility index (Phi) is 25.4. The molecule has 0 fully saturated rings.